The van der Waals surface area contributed by atoms with E-state index < -0.39 is 0 Å². The Hall–Kier alpha value is -1.90. The van der Waals surface area contributed by atoms with E-state index in [0.29, 0.717) is 19.6 Å². The van der Waals surface area contributed by atoms with Crippen molar-refractivity contribution in [1.29, 1.82) is 0 Å². The molecule has 0 spiro atoms. The summed E-state index contributed by atoms with van der Waals surface area (Å²) in [5, 5.41) is 3.26. The maximum Gasteiger partial charge on any atom is 0.250 e. The Morgan fingerprint density at radius 3 is 2.74 bits per heavy atom. The molecule has 5 nitrogen and oxygen atoms in total. The van der Waals surface area contributed by atoms with E-state index in [9.17, 15) is 9.18 Å². The molecule has 0 aliphatic heterocycles. The van der Waals surface area contributed by atoms with E-state index in [1.807, 2.05) is 37.2 Å². The van der Waals surface area contributed by atoms with Crippen molar-refractivity contribution in [3.8, 4) is 0 Å². The van der Waals surface area contributed by atoms with Crippen molar-refractivity contribution in [2.24, 2.45) is 4.99 Å². The highest BCUT2D eigenvalue weighted by atomic mass is 127. The number of unbranched alkanes of at least 4 members (excludes halogenated alkanes) is 1. The summed E-state index contributed by atoms with van der Waals surface area (Å²) in [7, 11) is 1.94. The number of aliphatic imine (C=N–C) groups is 1. The summed E-state index contributed by atoms with van der Waals surface area (Å²) in [5.74, 6) is 0.572. The highest BCUT2D eigenvalue weighted by molar-refractivity contribution is 14.0. The molecular formula is C20H28FIN4O. The highest BCUT2D eigenvalue weighted by Gasteiger charge is 2.07. The second-order valence-electron chi connectivity index (χ2n) is 6.16. The van der Waals surface area contributed by atoms with Crippen molar-refractivity contribution in [2.75, 3.05) is 20.1 Å². The third-order valence-electron chi connectivity index (χ3n) is 3.97. The largest absolute Gasteiger partial charge is 0.357 e. The lowest BCUT2D eigenvalue weighted by molar-refractivity contribution is 0.473. The van der Waals surface area contributed by atoms with Crippen LogP contribution >= 0.6 is 24.0 Å². The van der Waals surface area contributed by atoms with Gasteiger partial charge in [-0.1, -0.05) is 18.2 Å². The fourth-order valence-corrected chi connectivity index (χ4v) is 2.68. The SMILES string of the molecule is CCNC(=NCCCCn1ccccc1=O)N(C)Cc1cccc(F)c1.I. The number of hydrogen-bond acceptors (Lipinski definition) is 2. The Balaban J connectivity index is 0.00000364. The zero-order chi connectivity index (χ0) is 18.8. The van der Waals surface area contributed by atoms with Crippen molar-refractivity contribution in [1.82, 2.24) is 14.8 Å². The van der Waals surface area contributed by atoms with E-state index in [0.717, 1.165) is 30.9 Å². The average molecular weight is 486 g/mol. The summed E-state index contributed by atoms with van der Waals surface area (Å²) in [4.78, 5) is 18.3. The van der Waals surface area contributed by atoms with E-state index in [2.05, 4.69) is 10.3 Å². The van der Waals surface area contributed by atoms with Gasteiger partial charge in [-0.3, -0.25) is 9.79 Å². The Kier molecular flexibility index (Phi) is 10.7. The number of pyridine rings is 1. The van der Waals surface area contributed by atoms with Gasteiger partial charge in [0, 0.05) is 45.5 Å². The second-order valence-corrected chi connectivity index (χ2v) is 6.16. The highest BCUT2D eigenvalue weighted by Crippen LogP contribution is 2.06. The fourth-order valence-electron chi connectivity index (χ4n) is 2.68. The van der Waals surface area contributed by atoms with Crippen LogP contribution in [0, 0.1) is 5.82 Å². The monoisotopic (exact) mass is 486 g/mol. The van der Waals surface area contributed by atoms with Gasteiger partial charge in [-0.25, -0.2) is 4.39 Å². The number of hydrogen-bond donors (Lipinski definition) is 1. The number of nitrogens with one attached hydrogen (secondary N) is 1. The molecule has 0 saturated carbocycles. The summed E-state index contributed by atoms with van der Waals surface area (Å²) in [6.45, 7) is 4.75. The van der Waals surface area contributed by atoms with E-state index >= 15 is 0 Å². The summed E-state index contributed by atoms with van der Waals surface area (Å²) >= 11 is 0. The van der Waals surface area contributed by atoms with Crippen LogP contribution < -0.4 is 10.9 Å². The molecule has 2 rings (SSSR count). The predicted molar refractivity (Wildman–Crippen MR) is 119 cm³/mol. The van der Waals surface area contributed by atoms with Crippen LogP contribution in [-0.4, -0.2) is 35.6 Å². The van der Waals surface area contributed by atoms with Gasteiger partial charge in [0.05, 0.1) is 0 Å². The molecule has 2 aromatic rings. The maximum absolute atomic E-state index is 13.3. The molecule has 0 radical (unpaired) electrons. The lowest BCUT2D eigenvalue weighted by Crippen LogP contribution is -2.38. The van der Waals surface area contributed by atoms with Gasteiger partial charge in [-0.05, 0) is 43.5 Å². The zero-order valence-electron chi connectivity index (χ0n) is 15.9. The molecule has 0 bridgehead atoms. The molecule has 1 heterocycles. The molecule has 0 fully saturated rings. The lowest BCUT2D eigenvalue weighted by Gasteiger charge is -2.22. The smallest absolute Gasteiger partial charge is 0.250 e. The third kappa shape index (κ3) is 8.11. The van der Waals surface area contributed by atoms with Crippen molar-refractivity contribution in [3.05, 3.63) is 70.4 Å². The quantitative estimate of drug-likeness (QED) is 0.269. The number of guanidine groups is 1. The van der Waals surface area contributed by atoms with Gasteiger partial charge in [-0.2, -0.15) is 0 Å². The minimum atomic E-state index is -0.228. The Bertz CT molecular complexity index is 778. The normalized spacial score (nSPS) is 11.0. The van der Waals surface area contributed by atoms with E-state index in [1.54, 1.807) is 22.8 Å². The molecule has 1 N–H and O–H groups in total. The van der Waals surface area contributed by atoms with Crippen LogP contribution in [0.1, 0.15) is 25.3 Å². The Labute approximate surface area is 177 Å². The topological polar surface area (TPSA) is 49.6 Å². The first kappa shape index (κ1) is 23.1. The molecule has 0 aliphatic carbocycles. The number of benzene rings is 1. The van der Waals surface area contributed by atoms with E-state index in [1.165, 1.54) is 12.1 Å². The number of aryl methyl sites for hydroxylation is 1. The summed E-state index contributed by atoms with van der Waals surface area (Å²) < 4.78 is 15.0. The van der Waals surface area contributed by atoms with Crippen LogP contribution in [0.5, 0.6) is 0 Å². The summed E-state index contributed by atoms with van der Waals surface area (Å²) in [5.41, 5.74) is 0.931. The van der Waals surface area contributed by atoms with E-state index in [4.69, 9.17) is 0 Å². The Morgan fingerprint density at radius 1 is 1.22 bits per heavy atom. The minimum absolute atomic E-state index is 0. The van der Waals surface area contributed by atoms with Crippen LogP contribution in [0.4, 0.5) is 4.39 Å². The first-order valence-electron chi connectivity index (χ1n) is 8.99. The molecule has 0 atom stereocenters. The molecule has 27 heavy (non-hydrogen) atoms. The van der Waals surface area contributed by atoms with Crippen molar-refractivity contribution >= 4 is 29.9 Å². The van der Waals surface area contributed by atoms with Crippen LogP contribution in [0.25, 0.3) is 0 Å². The van der Waals surface area contributed by atoms with Gasteiger partial charge in [-0.15, -0.1) is 24.0 Å². The van der Waals surface area contributed by atoms with Crippen LogP contribution in [0.3, 0.4) is 0 Å². The van der Waals surface area contributed by atoms with Gasteiger partial charge >= 0.3 is 0 Å². The molecule has 0 unspecified atom stereocenters. The molecule has 1 aromatic heterocycles. The third-order valence-corrected chi connectivity index (χ3v) is 3.97. The molecular weight excluding hydrogens is 458 g/mol. The number of nitrogens with zero attached hydrogens (tertiary/aromatic N) is 3. The van der Waals surface area contributed by atoms with Crippen molar-refractivity contribution < 1.29 is 4.39 Å². The minimum Gasteiger partial charge on any atom is -0.357 e. The van der Waals surface area contributed by atoms with Gasteiger partial charge in [0.15, 0.2) is 5.96 Å². The van der Waals surface area contributed by atoms with Gasteiger partial charge in [0.1, 0.15) is 5.82 Å². The molecule has 1 aromatic carbocycles. The van der Waals surface area contributed by atoms with Crippen molar-refractivity contribution in [3.63, 3.8) is 0 Å². The molecule has 0 saturated heterocycles. The first-order valence-corrected chi connectivity index (χ1v) is 8.99. The summed E-state index contributed by atoms with van der Waals surface area (Å²) in [6.07, 6.45) is 3.59. The number of halogens is 2. The number of aromatic nitrogens is 1. The molecule has 0 aliphatic rings. The first-order chi connectivity index (χ1) is 12.6. The van der Waals surface area contributed by atoms with Crippen LogP contribution in [0.2, 0.25) is 0 Å². The van der Waals surface area contributed by atoms with Crippen LogP contribution in [-0.2, 0) is 13.1 Å². The zero-order valence-corrected chi connectivity index (χ0v) is 18.2. The lowest BCUT2D eigenvalue weighted by atomic mass is 10.2. The van der Waals surface area contributed by atoms with E-state index in [-0.39, 0.29) is 35.4 Å². The fraction of sp³-hybridized carbons (Fsp3) is 0.400. The standard InChI is InChI=1S/C20H27FN4O.HI/c1-3-22-20(24(2)16-17-9-8-10-18(21)15-17)23-12-5-7-14-25-13-6-4-11-19(25)26;/h4,6,8-11,13,15H,3,5,7,12,14,16H2,1-2H3,(H,22,23);1H. The Morgan fingerprint density at radius 2 is 2.04 bits per heavy atom. The second kappa shape index (κ2) is 12.5. The van der Waals surface area contributed by atoms with Gasteiger partial charge in [0.2, 0.25) is 5.56 Å². The maximum atomic E-state index is 13.3. The predicted octanol–water partition coefficient (Wildman–Crippen LogP) is 3.48. The van der Waals surface area contributed by atoms with Crippen molar-refractivity contribution in [2.45, 2.75) is 32.9 Å². The van der Waals surface area contributed by atoms with Gasteiger partial charge < -0.3 is 14.8 Å². The average Bonchev–Trinajstić information content (AvgIpc) is 2.62. The van der Waals surface area contributed by atoms with Gasteiger partial charge in [0.25, 0.3) is 0 Å². The number of rotatable bonds is 8. The molecule has 7 heteroatoms. The molecule has 148 valence electrons. The van der Waals surface area contributed by atoms with Crippen LogP contribution in [0.15, 0.2) is 58.4 Å². The summed E-state index contributed by atoms with van der Waals surface area (Å²) in [6, 6.07) is 11.8. The molecule has 0 amide bonds.